The average Bonchev–Trinajstić information content (AvgIpc) is 2.44. The fourth-order valence-electron chi connectivity index (χ4n) is 2.85. The van der Waals surface area contributed by atoms with Gasteiger partial charge in [-0.2, -0.15) is 0 Å². The Hall–Kier alpha value is -0.370. The van der Waals surface area contributed by atoms with Crippen LogP contribution in [0.1, 0.15) is 97.3 Å². The molecule has 0 aromatic heterocycles. The molecule has 0 amide bonds. The Morgan fingerprint density at radius 3 is 2.05 bits per heavy atom. The van der Waals surface area contributed by atoms with Gasteiger partial charge in [0.25, 0.3) is 0 Å². The van der Waals surface area contributed by atoms with E-state index in [2.05, 4.69) is 13.8 Å². The van der Waals surface area contributed by atoms with Gasteiger partial charge < -0.3 is 5.73 Å². The van der Waals surface area contributed by atoms with Crippen molar-refractivity contribution in [3.8, 4) is 0 Å². The van der Waals surface area contributed by atoms with Crippen LogP contribution in [0.5, 0.6) is 0 Å². The third-order valence-corrected chi connectivity index (χ3v) is 4.16. The first-order valence-corrected chi connectivity index (χ1v) is 8.96. The molecule has 20 heavy (non-hydrogen) atoms. The number of hydrogen-bond donors (Lipinski definition) is 1. The molecule has 0 aromatic rings. The molecule has 0 spiro atoms. The lowest BCUT2D eigenvalue weighted by Gasteiger charge is -2.14. The number of ketones is 1. The highest BCUT2D eigenvalue weighted by Gasteiger charge is 2.09. The van der Waals surface area contributed by atoms with Crippen molar-refractivity contribution in [3.05, 3.63) is 0 Å². The molecular weight excluding hydrogens is 246 g/mol. The summed E-state index contributed by atoms with van der Waals surface area (Å²) in [6, 6.07) is 0. The van der Waals surface area contributed by atoms with E-state index in [0.29, 0.717) is 11.7 Å². The molecule has 0 aliphatic carbocycles. The summed E-state index contributed by atoms with van der Waals surface area (Å²) in [4.78, 5) is 11.9. The molecule has 2 heteroatoms. The normalized spacial score (nSPS) is 12.6. The van der Waals surface area contributed by atoms with Crippen LogP contribution in [0.25, 0.3) is 0 Å². The molecule has 0 aromatic carbocycles. The van der Waals surface area contributed by atoms with Gasteiger partial charge in [0.15, 0.2) is 0 Å². The van der Waals surface area contributed by atoms with Crippen molar-refractivity contribution in [1.29, 1.82) is 0 Å². The lowest BCUT2D eigenvalue weighted by atomic mass is 9.92. The average molecular weight is 284 g/mol. The second-order valence-electron chi connectivity index (χ2n) is 6.18. The molecule has 0 heterocycles. The van der Waals surface area contributed by atoms with Gasteiger partial charge in [-0.05, 0) is 31.7 Å². The molecule has 0 fully saturated rings. The third kappa shape index (κ3) is 12.7. The standard InChI is InChI=1S/C18H37NO/c1-3-5-6-7-8-9-10-12-18(20)14-13-17(11-4-2)15-16-19/h17H,3-16,19H2,1-2H3. The molecule has 2 nitrogen and oxygen atoms in total. The summed E-state index contributed by atoms with van der Waals surface area (Å²) in [5.41, 5.74) is 5.63. The monoisotopic (exact) mass is 283 g/mol. The second kappa shape index (κ2) is 15.0. The van der Waals surface area contributed by atoms with E-state index in [1.807, 2.05) is 0 Å². The molecular formula is C18H37NO. The Morgan fingerprint density at radius 2 is 1.45 bits per heavy atom. The topological polar surface area (TPSA) is 43.1 Å². The molecule has 0 rings (SSSR count). The summed E-state index contributed by atoms with van der Waals surface area (Å²) < 4.78 is 0. The minimum Gasteiger partial charge on any atom is -0.330 e. The number of Topliss-reactive ketones (excluding diaryl/α,β-unsaturated/α-hetero) is 1. The van der Waals surface area contributed by atoms with Gasteiger partial charge in [-0.1, -0.05) is 65.2 Å². The Bertz CT molecular complexity index is 209. The SMILES string of the molecule is CCCCCCCCCC(=O)CCC(CCC)CCN. The van der Waals surface area contributed by atoms with Crippen LogP contribution in [0, 0.1) is 5.92 Å². The first kappa shape index (κ1) is 19.6. The largest absolute Gasteiger partial charge is 0.330 e. The quantitative estimate of drug-likeness (QED) is 0.418. The maximum Gasteiger partial charge on any atom is 0.132 e. The van der Waals surface area contributed by atoms with E-state index in [1.54, 1.807) is 0 Å². The van der Waals surface area contributed by atoms with Crippen LogP contribution in [-0.2, 0) is 4.79 Å². The lowest BCUT2D eigenvalue weighted by Crippen LogP contribution is -2.10. The third-order valence-electron chi connectivity index (χ3n) is 4.16. The van der Waals surface area contributed by atoms with Crippen molar-refractivity contribution in [2.75, 3.05) is 6.54 Å². The van der Waals surface area contributed by atoms with E-state index in [-0.39, 0.29) is 0 Å². The summed E-state index contributed by atoms with van der Waals surface area (Å²) in [7, 11) is 0. The Balaban J connectivity index is 3.47. The fourth-order valence-corrected chi connectivity index (χ4v) is 2.85. The number of hydrogen-bond acceptors (Lipinski definition) is 2. The van der Waals surface area contributed by atoms with Crippen LogP contribution in [0.3, 0.4) is 0 Å². The highest BCUT2D eigenvalue weighted by Crippen LogP contribution is 2.18. The number of unbranched alkanes of at least 4 members (excludes halogenated alkanes) is 6. The molecule has 0 aliphatic rings. The smallest absolute Gasteiger partial charge is 0.132 e. The minimum absolute atomic E-state index is 0.469. The molecule has 120 valence electrons. The van der Waals surface area contributed by atoms with Crippen molar-refractivity contribution in [2.24, 2.45) is 11.7 Å². The number of carbonyl (C=O) groups excluding carboxylic acids is 1. The van der Waals surface area contributed by atoms with Crippen molar-refractivity contribution in [1.82, 2.24) is 0 Å². The van der Waals surface area contributed by atoms with Gasteiger partial charge in [0.05, 0.1) is 0 Å². The summed E-state index contributed by atoms with van der Waals surface area (Å²) in [5.74, 6) is 1.14. The maximum atomic E-state index is 11.9. The summed E-state index contributed by atoms with van der Waals surface area (Å²) >= 11 is 0. The summed E-state index contributed by atoms with van der Waals surface area (Å²) in [6.07, 6.45) is 15.2. The molecule has 1 unspecified atom stereocenters. The van der Waals surface area contributed by atoms with Crippen LogP contribution in [0.15, 0.2) is 0 Å². The molecule has 0 radical (unpaired) electrons. The molecule has 1 atom stereocenters. The molecule has 0 bridgehead atoms. The maximum absolute atomic E-state index is 11.9. The van der Waals surface area contributed by atoms with Crippen LogP contribution in [-0.4, -0.2) is 12.3 Å². The number of nitrogens with two attached hydrogens (primary N) is 1. The second-order valence-corrected chi connectivity index (χ2v) is 6.18. The molecule has 2 N–H and O–H groups in total. The van der Waals surface area contributed by atoms with E-state index in [0.717, 1.165) is 38.6 Å². The highest BCUT2D eigenvalue weighted by molar-refractivity contribution is 5.78. The van der Waals surface area contributed by atoms with E-state index in [9.17, 15) is 4.79 Å². The van der Waals surface area contributed by atoms with Crippen LogP contribution in [0.2, 0.25) is 0 Å². The van der Waals surface area contributed by atoms with Crippen molar-refractivity contribution in [2.45, 2.75) is 97.3 Å². The van der Waals surface area contributed by atoms with Crippen molar-refractivity contribution in [3.63, 3.8) is 0 Å². The predicted molar refractivity (Wildman–Crippen MR) is 88.9 cm³/mol. The Labute approximate surface area is 126 Å². The van der Waals surface area contributed by atoms with Gasteiger partial charge in [0.1, 0.15) is 5.78 Å². The number of carbonyl (C=O) groups is 1. The van der Waals surface area contributed by atoms with Crippen LogP contribution >= 0.6 is 0 Å². The fraction of sp³-hybridized carbons (Fsp3) is 0.944. The summed E-state index contributed by atoms with van der Waals surface area (Å²) in [5, 5.41) is 0. The zero-order valence-corrected chi connectivity index (χ0v) is 14.0. The molecule has 0 saturated heterocycles. The van der Waals surface area contributed by atoms with Gasteiger partial charge in [-0.15, -0.1) is 0 Å². The first-order chi connectivity index (χ1) is 9.74. The van der Waals surface area contributed by atoms with Crippen LogP contribution < -0.4 is 5.73 Å². The van der Waals surface area contributed by atoms with Gasteiger partial charge in [-0.3, -0.25) is 4.79 Å². The highest BCUT2D eigenvalue weighted by atomic mass is 16.1. The van der Waals surface area contributed by atoms with Gasteiger partial charge in [-0.25, -0.2) is 0 Å². The van der Waals surface area contributed by atoms with E-state index < -0.39 is 0 Å². The van der Waals surface area contributed by atoms with E-state index in [4.69, 9.17) is 5.73 Å². The minimum atomic E-state index is 0.469. The van der Waals surface area contributed by atoms with E-state index >= 15 is 0 Å². The lowest BCUT2D eigenvalue weighted by molar-refractivity contribution is -0.119. The molecule has 0 aliphatic heterocycles. The molecule has 0 saturated carbocycles. The Kier molecular flexibility index (Phi) is 14.7. The van der Waals surface area contributed by atoms with Gasteiger partial charge in [0, 0.05) is 12.8 Å². The van der Waals surface area contributed by atoms with Gasteiger partial charge in [0.2, 0.25) is 0 Å². The summed E-state index contributed by atoms with van der Waals surface area (Å²) in [6.45, 7) is 5.22. The van der Waals surface area contributed by atoms with Crippen LogP contribution in [0.4, 0.5) is 0 Å². The van der Waals surface area contributed by atoms with Crippen molar-refractivity contribution < 1.29 is 4.79 Å². The predicted octanol–water partition coefficient (Wildman–Crippen LogP) is 5.24. The zero-order chi connectivity index (χ0) is 15.1. The first-order valence-electron chi connectivity index (χ1n) is 8.96. The van der Waals surface area contributed by atoms with Gasteiger partial charge >= 0.3 is 0 Å². The van der Waals surface area contributed by atoms with Crippen molar-refractivity contribution >= 4 is 5.78 Å². The Morgan fingerprint density at radius 1 is 0.800 bits per heavy atom. The van der Waals surface area contributed by atoms with E-state index in [1.165, 1.54) is 51.4 Å². The zero-order valence-electron chi connectivity index (χ0n) is 14.0. The number of rotatable bonds is 15.